The van der Waals surface area contributed by atoms with Crippen molar-refractivity contribution in [1.82, 2.24) is 9.97 Å². The molecule has 2 heterocycles. The monoisotopic (exact) mass is 360 g/mol. The topological polar surface area (TPSA) is 55.0 Å². The van der Waals surface area contributed by atoms with Crippen molar-refractivity contribution in [3.05, 3.63) is 52.9 Å². The Morgan fingerprint density at radius 3 is 2.20 bits per heavy atom. The minimum atomic E-state index is 0.453. The number of nitrogens with zero attached hydrogens (tertiary/aromatic N) is 3. The Bertz CT molecular complexity index is 680. The SMILES string of the molecule is CC.CC.CC1=C(c2ccc(N)cc2)CN(c2nccnc2Cl)CC1. The summed E-state index contributed by atoms with van der Waals surface area (Å²) in [4.78, 5) is 10.6. The van der Waals surface area contributed by atoms with E-state index in [2.05, 4.69) is 33.9 Å². The van der Waals surface area contributed by atoms with E-state index in [-0.39, 0.29) is 0 Å². The van der Waals surface area contributed by atoms with Crippen molar-refractivity contribution in [1.29, 1.82) is 0 Å². The van der Waals surface area contributed by atoms with Gasteiger partial charge >= 0.3 is 0 Å². The van der Waals surface area contributed by atoms with Crippen LogP contribution in [0.3, 0.4) is 0 Å². The molecule has 0 atom stereocenters. The summed E-state index contributed by atoms with van der Waals surface area (Å²) < 4.78 is 0. The van der Waals surface area contributed by atoms with Crippen molar-refractivity contribution in [2.75, 3.05) is 23.7 Å². The first-order valence-electron chi connectivity index (χ1n) is 8.91. The van der Waals surface area contributed by atoms with Crippen LogP contribution in [-0.2, 0) is 0 Å². The number of nitrogens with two attached hydrogens (primary N) is 1. The largest absolute Gasteiger partial charge is 0.399 e. The molecule has 0 unspecified atom stereocenters. The molecular weight excluding hydrogens is 332 g/mol. The summed E-state index contributed by atoms with van der Waals surface area (Å²) in [5.74, 6) is 0.750. The van der Waals surface area contributed by atoms with E-state index in [1.54, 1.807) is 12.4 Å². The summed E-state index contributed by atoms with van der Waals surface area (Å²) in [5.41, 5.74) is 10.5. The Hall–Kier alpha value is -2.07. The van der Waals surface area contributed by atoms with Crippen molar-refractivity contribution in [2.24, 2.45) is 0 Å². The van der Waals surface area contributed by atoms with Gasteiger partial charge in [-0.05, 0) is 36.6 Å². The van der Waals surface area contributed by atoms with Gasteiger partial charge in [0.25, 0.3) is 0 Å². The Balaban J connectivity index is 0.000000730. The molecule has 0 saturated heterocycles. The number of nitrogen functional groups attached to an aromatic ring is 1. The zero-order valence-electron chi connectivity index (χ0n) is 15.9. The van der Waals surface area contributed by atoms with E-state index in [4.69, 9.17) is 17.3 Å². The van der Waals surface area contributed by atoms with Crippen LogP contribution in [0, 0.1) is 0 Å². The standard InChI is InChI=1S/C16H17ClN4.2C2H6/c1-11-6-9-21(16-15(17)19-7-8-20-16)10-14(11)12-2-4-13(18)5-3-12;2*1-2/h2-5,7-8H,6,9-10,18H2,1H3;2*1-2H3. The second kappa shape index (κ2) is 10.7. The molecule has 25 heavy (non-hydrogen) atoms. The molecule has 0 fully saturated rings. The maximum atomic E-state index is 6.16. The van der Waals surface area contributed by atoms with Crippen molar-refractivity contribution in [2.45, 2.75) is 41.0 Å². The Labute approximate surface area is 156 Å². The second-order valence-corrected chi connectivity index (χ2v) is 5.58. The van der Waals surface area contributed by atoms with Gasteiger partial charge in [-0.15, -0.1) is 0 Å². The fourth-order valence-corrected chi connectivity index (χ4v) is 2.81. The molecule has 2 aromatic rings. The lowest BCUT2D eigenvalue weighted by atomic mass is 9.95. The van der Waals surface area contributed by atoms with E-state index in [9.17, 15) is 0 Å². The zero-order chi connectivity index (χ0) is 18.8. The Morgan fingerprint density at radius 2 is 1.60 bits per heavy atom. The average Bonchev–Trinajstić information content (AvgIpc) is 2.67. The van der Waals surface area contributed by atoms with Gasteiger partial charge in [0.05, 0.1) is 0 Å². The molecule has 1 aromatic heterocycles. The molecule has 3 rings (SSSR count). The van der Waals surface area contributed by atoms with E-state index >= 15 is 0 Å². The van der Waals surface area contributed by atoms with E-state index < -0.39 is 0 Å². The molecule has 0 saturated carbocycles. The van der Waals surface area contributed by atoms with E-state index in [0.717, 1.165) is 31.0 Å². The molecule has 0 radical (unpaired) electrons. The van der Waals surface area contributed by atoms with Crippen molar-refractivity contribution < 1.29 is 0 Å². The smallest absolute Gasteiger partial charge is 0.171 e. The van der Waals surface area contributed by atoms with Crippen LogP contribution in [0.5, 0.6) is 0 Å². The normalized spacial score (nSPS) is 13.4. The van der Waals surface area contributed by atoms with Crippen molar-refractivity contribution in [3.8, 4) is 0 Å². The van der Waals surface area contributed by atoms with Gasteiger partial charge in [0, 0.05) is 31.2 Å². The lowest BCUT2D eigenvalue weighted by Gasteiger charge is -2.31. The summed E-state index contributed by atoms with van der Waals surface area (Å²) in [5, 5.41) is 0.453. The van der Waals surface area contributed by atoms with Crippen molar-refractivity contribution in [3.63, 3.8) is 0 Å². The number of benzene rings is 1. The predicted molar refractivity (Wildman–Crippen MR) is 110 cm³/mol. The van der Waals surface area contributed by atoms with Gasteiger partial charge in [-0.25, -0.2) is 9.97 Å². The third kappa shape index (κ3) is 5.46. The summed E-state index contributed by atoms with van der Waals surface area (Å²) in [6.45, 7) is 11.9. The number of anilines is 2. The van der Waals surface area contributed by atoms with E-state index in [0.29, 0.717) is 5.15 Å². The van der Waals surface area contributed by atoms with Crippen LogP contribution in [-0.4, -0.2) is 23.1 Å². The van der Waals surface area contributed by atoms with Crippen LogP contribution in [0.4, 0.5) is 11.5 Å². The number of hydrogen-bond acceptors (Lipinski definition) is 4. The van der Waals surface area contributed by atoms with Crippen LogP contribution in [0.25, 0.3) is 5.57 Å². The summed E-state index contributed by atoms with van der Waals surface area (Å²) in [6.07, 6.45) is 4.28. The molecule has 0 amide bonds. The van der Waals surface area contributed by atoms with Crippen LogP contribution in [0.15, 0.2) is 42.2 Å². The lowest BCUT2D eigenvalue weighted by Crippen LogP contribution is -2.31. The highest BCUT2D eigenvalue weighted by Crippen LogP contribution is 2.31. The maximum Gasteiger partial charge on any atom is 0.171 e. The molecule has 5 heteroatoms. The molecule has 2 N–H and O–H groups in total. The highest BCUT2D eigenvalue weighted by molar-refractivity contribution is 6.31. The van der Waals surface area contributed by atoms with Gasteiger partial charge in [-0.3, -0.25) is 0 Å². The maximum absolute atomic E-state index is 6.16. The quantitative estimate of drug-likeness (QED) is 0.723. The minimum absolute atomic E-state index is 0.453. The molecule has 1 aliphatic heterocycles. The third-order valence-corrected chi connectivity index (χ3v) is 4.08. The highest BCUT2D eigenvalue weighted by Gasteiger charge is 2.21. The molecule has 4 nitrogen and oxygen atoms in total. The first-order chi connectivity index (χ1) is 12.1. The van der Waals surface area contributed by atoms with Gasteiger partial charge < -0.3 is 10.6 Å². The zero-order valence-corrected chi connectivity index (χ0v) is 16.6. The summed E-state index contributed by atoms with van der Waals surface area (Å²) in [6, 6.07) is 8.00. The minimum Gasteiger partial charge on any atom is -0.399 e. The Kier molecular flexibility index (Phi) is 9.00. The van der Waals surface area contributed by atoms with Crippen LogP contribution < -0.4 is 10.6 Å². The average molecular weight is 361 g/mol. The molecule has 0 aliphatic carbocycles. The molecule has 0 bridgehead atoms. The van der Waals surface area contributed by atoms with E-state index in [1.165, 1.54) is 16.7 Å². The number of rotatable bonds is 2. The first kappa shape index (κ1) is 21.0. The fourth-order valence-electron chi connectivity index (χ4n) is 2.59. The first-order valence-corrected chi connectivity index (χ1v) is 9.29. The van der Waals surface area contributed by atoms with Gasteiger partial charge in [-0.1, -0.05) is 57.0 Å². The fraction of sp³-hybridized carbons (Fsp3) is 0.400. The Morgan fingerprint density at radius 1 is 1.00 bits per heavy atom. The van der Waals surface area contributed by atoms with Gasteiger partial charge in [0.1, 0.15) is 0 Å². The molecule has 0 spiro atoms. The van der Waals surface area contributed by atoms with Gasteiger partial charge in [-0.2, -0.15) is 0 Å². The molecular formula is C20H29ClN4. The predicted octanol–water partition coefficient (Wildman–Crippen LogP) is 5.45. The summed E-state index contributed by atoms with van der Waals surface area (Å²) >= 11 is 6.16. The lowest BCUT2D eigenvalue weighted by molar-refractivity contribution is 0.783. The number of hydrogen-bond donors (Lipinski definition) is 1. The van der Waals surface area contributed by atoms with Crippen LogP contribution in [0.1, 0.15) is 46.6 Å². The molecule has 1 aromatic carbocycles. The van der Waals surface area contributed by atoms with Crippen LogP contribution >= 0.6 is 11.6 Å². The van der Waals surface area contributed by atoms with Crippen LogP contribution in [0.2, 0.25) is 5.15 Å². The number of aromatic nitrogens is 2. The third-order valence-electron chi connectivity index (χ3n) is 3.82. The highest BCUT2D eigenvalue weighted by atomic mass is 35.5. The van der Waals surface area contributed by atoms with E-state index in [1.807, 2.05) is 39.8 Å². The summed E-state index contributed by atoms with van der Waals surface area (Å²) in [7, 11) is 0. The second-order valence-electron chi connectivity index (χ2n) is 5.22. The molecule has 136 valence electrons. The number of halogens is 1. The van der Waals surface area contributed by atoms with Crippen molar-refractivity contribution >= 4 is 28.7 Å². The molecule has 1 aliphatic rings. The van der Waals surface area contributed by atoms with Gasteiger partial charge in [0.15, 0.2) is 11.0 Å². The van der Waals surface area contributed by atoms with Gasteiger partial charge in [0.2, 0.25) is 0 Å².